The Kier molecular flexibility index (Phi) is 5.04. The number of nitrogens with zero attached hydrogens (tertiary/aromatic N) is 3. The number of carbonyl (C=O) groups excluding carboxylic acids is 1. The third-order valence-corrected chi connectivity index (χ3v) is 6.74. The molecular formula is C23H24BrN3O4. The molecule has 0 bridgehead atoms. The molecule has 0 aliphatic carbocycles. The number of para-hydroxylation sites is 1. The van der Waals surface area contributed by atoms with Crippen LogP contribution in [-0.4, -0.2) is 52.2 Å². The van der Waals surface area contributed by atoms with E-state index in [2.05, 4.69) is 27.0 Å². The maximum absolute atomic E-state index is 12.2. The smallest absolute Gasteiger partial charge is 0.409 e. The van der Waals surface area contributed by atoms with Gasteiger partial charge in [0.05, 0.1) is 18.4 Å². The maximum Gasteiger partial charge on any atom is 0.409 e. The number of hydrogen-bond acceptors (Lipinski definition) is 6. The third-order valence-electron chi connectivity index (χ3n) is 6.24. The first-order valence-corrected chi connectivity index (χ1v) is 11.4. The molecule has 1 amide bonds. The number of benzene rings is 2. The second kappa shape index (κ2) is 7.75. The van der Waals surface area contributed by atoms with Gasteiger partial charge in [0.1, 0.15) is 11.5 Å². The first-order valence-electron chi connectivity index (χ1n) is 10.6. The van der Waals surface area contributed by atoms with Crippen molar-refractivity contribution in [2.75, 3.05) is 19.7 Å². The van der Waals surface area contributed by atoms with E-state index < -0.39 is 5.72 Å². The highest BCUT2D eigenvalue weighted by Crippen LogP contribution is 2.50. The highest BCUT2D eigenvalue weighted by atomic mass is 79.9. The van der Waals surface area contributed by atoms with Crippen LogP contribution in [0.1, 0.15) is 43.4 Å². The zero-order valence-corrected chi connectivity index (χ0v) is 18.8. The number of phenols is 1. The van der Waals surface area contributed by atoms with Gasteiger partial charge in [0.15, 0.2) is 0 Å². The number of hydrazone groups is 1. The Balaban J connectivity index is 1.51. The van der Waals surface area contributed by atoms with Crippen molar-refractivity contribution in [1.29, 1.82) is 0 Å². The Morgan fingerprint density at radius 2 is 2.06 bits per heavy atom. The minimum atomic E-state index is -0.638. The maximum atomic E-state index is 12.2. The molecule has 2 aromatic carbocycles. The summed E-state index contributed by atoms with van der Waals surface area (Å²) in [5, 5.41) is 17.4. The number of piperidine rings is 1. The van der Waals surface area contributed by atoms with Crippen LogP contribution >= 0.6 is 15.9 Å². The summed E-state index contributed by atoms with van der Waals surface area (Å²) >= 11 is 3.58. The molecule has 1 N–H and O–H groups in total. The molecule has 3 aliphatic rings. The SMILES string of the molecule is CCOC(=O)N1CCC2(CC1)Oc1ccc(Br)cc1[C@H]1CC(c3ccccc3O)=NN12. The topological polar surface area (TPSA) is 74.6 Å². The Morgan fingerprint density at radius 1 is 1.29 bits per heavy atom. The van der Waals surface area contributed by atoms with E-state index in [0.29, 0.717) is 39.0 Å². The van der Waals surface area contributed by atoms with Gasteiger partial charge in [0, 0.05) is 48.0 Å². The van der Waals surface area contributed by atoms with Crippen molar-refractivity contribution in [1.82, 2.24) is 9.91 Å². The molecule has 162 valence electrons. The van der Waals surface area contributed by atoms with Crippen molar-refractivity contribution < 1.29 is 19.4 Å². The van der Waals surface area contributed by atoms with Gasteiger partial charge in [-0.05, 0) is 37.3 Å². The van der Waals surface area contributed by atoms with Crippen molar-refractivity contribution in [2.24, 2.45) is 5.10 Å². The molecule has 1 fully saturated rings. The number of carbonyl (C=O) groups is 1. The molecule has 1 spiro atoms. The minimum absolute atomic E-state index is 0.00463. The van der Waals surface area contributed by atoms with Gasteiger partial charge >= 0.3 is 6.09 Å². The fraction of sp³-hybridized carbons (Fsp3) is 0.391. The lowest BCUT2D eigenvalue weighted by atomic mass is 9.90. The second-order valence-corrected chi connectivity index (χ2v) is 8.96. The highest BCUT2D eigenvalue weighted by Gasteiger charge is 2.52. The molecule has 0 unspecified atom stereocenters. The summed E-state index contributed by atoms with van der Waals surface area (Å²) < 4.78 is 12.7. The summed E-state index contributed by atoms with van der Waals surface area (Å²) in [4.78, 5) is 13.9. The predicted octanol–water partition coefficient (Wildman–Crippen LogP) is 4.65. The molecular weight excluding hydrogens is 462 g/mol. The molecule has 5 rings (SSSR count). The van der Waals surface area contributed by atoms with Crippen LogP contribution in [0, 0.1) is 0 Å². The average Bonchev–Trinajstić information content (AvgIpc) is 3.22. The van der Waals surface area contributed by atoms with Crippen LogP contribution in [0.2, 0.25) is 0 Å². The summed E-state index contributed by atoms with van der Waals surface area (Å²) in [5.74, 6) is 1.07. The summed E-state index contributed by atoms with van der Waals surface area (Å²) in [7, 11) is 0. The number of likely N-dealkylation sites (tertiary alicyclic amines) is 1. The van der Waals surface area contributed by atoms with Crippen LogP contribution in [0.3, 0.4) is 0 Å². The van der Waals surface area contributed by atoms with E-state index in [1.165, 1.54) is 0 Å². The van der Waals surface area contributed by atoms with Crippen LogP contribution in [0.25, 0.3) is 0 Å². The van der Waals surface area contributed by atoms with Gasteiger partial charge in [-0.2, -0.15) is 5.10 Å². The van der Waals surface area contributed by atoms with E-state index >= 15 is 0 Å². The molecule has 8 heteroatoms. The number of aromatic hydroxyl groups is 1. The van der Waals surface area contributed by atoms with E-state index in [1.54, 1.807) is 11.0 Å². The molecule has 2 aromatic rings. The first-order chi connectivity index (χ1) is 15.0. The Morgan fingerprint density at radius 3 is 2.81 bits per heavy atom. The number of amides is 1. The minimum Gasteiger partial charge on any atom is -0.507 e. The molecule has 1 atom stereocenters. The monoisotopic (exact) mass is 485 g/mol. The largest absolute Gasteiger partial charge is 0.507 e. The molecule has 0 saturated carbocycles. The lowest BCUT2D eigenvalue weighted by molar-refractivity contribution is -0.147. The van der Waals surface area contributed by atoms with Crippen LogP contribution in [0.4, 0.5) is 4.79 Å². The lowest BCUT2D eigenvalue weighted by Crippen LogP contribution is -2.59. The Labute approximate surface area is 189 Å². The zero-order valence-electron chi connectivity index (χ0n) is 17.3. The van der Waals surface area contributed by atoms with Gasteiger partial charge in [-0.25, -0.2) is 9.80 Å². The van der Waals surface area contributed by atoms with Crippen LogP contribution in [0.15, 0.2) is 52.0 Å². The molecule has 0 aromatic heterocycles. The number of hydrogen-bond donors (Lipinski definition) is 1. The number of rotatable bonds is 2. The van der Waals surface area contributed by atoms with Crippen molar-refractivity contribution in [3.63, 3.8) is 0 Å². The van der Waals surface area contributed by atoms with E-state index in [-0.39, 0.29) is 17.9 Å². The normalized spacial score (nSPS) is 21.2. The fourth-order valence-corrected chi connectivity index (χ4v) is 5.10. The summed E-state index contributed by atoms with van der Waals surface area (Å²) in [6, 6.07) is 13.4. The lowest BCUT2D eigenvalue weighted by Gasteiger charge is -2.51. The molecule has 1 saturated heterocycles. The number of ether oxygens (including phenoxy) is 2. The molecule has 0 radical (unpaired) electrons. The van der Waals surface area contributed by atoms with Crippen LogP contribution < -0.4 is 4.74 Å². The average molecular weight is 486 g/mol. The summed E-state index contributed by atoms with van der Waals surface area (Å²) in [6.45, 7) is 3.25. The summed E-state index contributed by atoms with van der Waals surface area (Å²) in [5.41, 5.74) is 2.02. The van der Waals surface area contributed by atoms with Crippen molar-refractivity contribution in [2.45, 2.75) is 38.0 Å². The van der Waals surface area contributed by atoms with Gasteiger partial charge in [0.2, 0.25) is 5.72 Å². The number of halogens is 1. The molecule has 3 aliphatic heterocycles. The quantitative estimate of drug-likeness (QED) is 0.669. The second-order valence-electron chi connectivity index (χ2n) is 8.04. The van der Waals surface area contributed by atoms with Crippen LogP contribution in [0.5, 0.6) is 11.5 Å². The van der Waals surface area contributed by atoms with Crippen LogP contribution in [-0.2, 0) is 4.74 Å². The van der Waals surface area contributed by atoms with E-state index in [9.17, 15) is 9.90 Å². The molecule has 3 heterocycles. The van der Waals surface area contributed by atoms with Gasteiger partial charge in [-0.1, -0.05) is 28.1 Å². The standard InChI is InChI=1S/C23H24BrN3O4/c1-2-30-22(29)26-11-9-23(10-12-26)27-19(17-13-15(24)7-8-21(17)31-23)14-18(25-27)16-5-3-4-6-20(16)28/h3-8,13,19,28H,2,9-12,14H2,1H3/t19-/m1/s1. The first kappa shape index (κ1) is 20.2. The van der Waals surface area contributed by atoms with Crippen molar-refractivity contribution in [3.8, 4) is 11.5 Å². The fourth-order valence-electron chi connectivity index (χ4n) is 4.72. The molecule has 31 heavy (non-hydrogen) atoms. The highest BCUT2D eigenvalue weighted by molar-refractivity contribution is 9.10. The Hall–Kier alpha value is -2.74. The zero-order chi connectivity index (χ0) is 21.6. The van der Waals surface area contributed by atoms with Crippen molar-refractivity contribution >= 4 is 27.7 Å². The Bertz CT molecular complexity index is 1050. The van der Waals surface area contributed by atoms with Gasteiger partial charge in [0.25, 0.3) is 0 Å². The summed E-state index contributed by atoms with van der Waals surface area (Å²) in [6.07, 6.45) is 1.63. The number of fused-ring (bicyclic) bond motifs is 4. The van der Waals surface area contributed by atoms with Gasteiger partial charge in [-0.3, -0.25) is 0 Å². The van der Waals surface area contributed by atoms with E-state index in [0.717, 1.165) is 27.1 Å². The molecule has 7 nitrogen and oxygen atoms in total. The third kappa shape index (κ3) is 3.43. The predicted molar refractivity (Wildman–Crippen MR) is 119 cm³/mol. The van der Waals surface area contributed by atoms with E-state index in [1.807, 2.05) is 37.3 Å². The van der Waals surface area contributed by atoms with Crippen molar-refractivity contribution in [3.05, 3.63) is 58.1 Å². The van der Waals surface area contributed by atoms with E-state index in [4.69, 9.17) is 14.6 Å². The van der Waals surface area contributed by atoms with Gasteiger partial charge < -0.3 is 19.5 Å². The van der Waals surface area contributed by atoms with Gasteiger partial charge in [-0.15, -0.1) is 0 Å². The number of phenolic OH excluding ortho intramolecular Hbond substituents is 1.